The molecule has 1 N–H and O–H groups in total. The van der Waals surface area contributed by atoms with Crippen LogP contribution in [-0.4, -0.2) is 17.1 Å². The summed E-state index contributed by atoms with van der Waals surface area (Å²) < 4.78 is 5.19. The Hall–Kier alpha value is -2.81. The van der Waals surface area contributed by atoms with Gasteiger partial charge in [0.2, 0.25) is 0 Å². The Morgan fingerprint density at radius 1 is 0.905 bits per heavy atom. The molecule has 0 aliphatic rings. The number of methoxy groups -OCH3 is 1. The number of nitrogens with zero attached hydrogens (tertiary/aromatic N) is 1. The Labute approximate surface area is 122 Å². The minimum Gasteiger partial charge on any atom is -0.497 e. The average Bonchev–Trinajstić information content (AvgIpc) is 2.92. The summed E-state index contributed by atoms with van der Waals surface area (Å²) in [6.07, 6.45) is 1.94. The molecule has 0 saturated carbocycles. The third-order valence-electron chi connectivity index (χ3n) is 3.78. The van der Waals surface area contributed by atoms with Crippen LogP contribution in [0.15, 0.2) is 60.8 Å². The third-order valence-corrected chi connectivity index (χ3v) is 3.78. The van der Waals surface area contributed by atoms with Crippen molar-refractivity contribution in [3.8, 4) is 17.0 Å². The molecular weight excluding hydrogens is 260 g/mol. The standard InChI is InChI=1S/C18H14N2O/c1-21-13-8-6-12(7-9-13)17-10-18-15(11-19-17)14-4-2-3-5-16(14)20-18/h2-11,20H,1H3. The first-order chi connectivity index (χ1) is 10.3. The Morgan fingerprint density at radius 2 is 1.71 bits per heavy atom. The largest absolute Gasteiger partial charge is 0.497 e. The lowest BCUT2D eigenvalue weighted by Gasteiger charge is -2.03. The van der Waals surface area contributed by atoms with Gasteiger partial charge in [0.05, 0.1) is 18.3 Å². The maximum atomic E-state index is 5.19. The number of H-pyrrole nitrogens is 1. The van der Waals surface area contributed by atoms with E-state index in [9.17, 15) is 0 Å². The molecule has 0 saturated heterocycles. The van der Waals surface area contributed by atoms with Gasteiger partial charge in [-0.3, -0.25) is 4.98 Å². The highest BCUT2D eigenvalue weighted by Gasteiger charge is 2.06. The van der Waals surface area contributed by atoms with Gasteiger partial charge in [-0.2, -0.15) is 0 Å². The summed E-state index contributed by atoms with van der Waals surface area (Å²) in [5.41, 5.74) is 4.28. The number of ether oxygens (including phenoxy) is 1. The van der Waals surface area contributed by atoms with E-state index in [0.29, 0.717) is 0 Å². The van der Waals surface area contributed by atoms with Crippen molar-refractivity contribution in [1.82, 2.24) is 9.97 Å². The van der Waals surface area contributed by atoms with Crippen LogP contribution in [0.2, 0.25) is 0 Å². The monoisotopic (exact) mass is 274 g/mol. The van der Waals surface area contributed by atoms with Crippen LogP contribution in [0.25, 0.3) is 33.1 Å². The zero-order valence-electron chi connectivity index (χ0n) is 11.6. The van der Waals surface area contributed by atoms with Crippen molar-refractivity contribution in [2.75, 3.05) is 7.11 Å². The summed E-state index contributed by atoms with van der Waals surface area (Å²) in [7, 11) is 1.67. The number of rotatable bonds is 2. The van der Waals surface area contributed by atoms with Gasteiger partial charge in [-0.25, -0.2) is 0 Å². The van der Waals surface area contributed by atoms with Crippen LogP contribution >= 0.6 is 0 Å². The SMILES string of the molecule is COc1ccc(-c2cc3[nH]c4ccccc4c3cn2)cc1. The van der Waals surface area contributed by atoms with E-state index in [0.717, 1.165) is 33.4 Å². The number of aromatic nitrogens is 2. The number of hydrogen-bond acceptors (Lipinski definition) is 2. The molecule has 3 heteroatoms. The van der Waals surface area contributed by atoms with Crippen LogP contribution in [0.1, 0.15) is 0 Å². The molecule has 0 atom stereocenters. The van der Waals surface area contributed by atoms with Crippen molar-refractivity contribution in [1.29, 1.82) is 0 Å². The lowest BCUT2D eigenvalue weighted by molar-refractivity contribution is 0.415. The summed E-state index contributed by atoms with van der Waals surface area (Å²) in [5, 5.41) is 2.36. The fourth-order valence-electron chi connectivity index (χ4n) is 2.67. The van der Waals surface area contributed by atoms with Crippen molar-refractivity contribution in [2.24, 2.45) is 0 Å². The zero-order valence-corrected chi connectivity index (χ0v) is 11.6. The van der Waals surface area contributed by atoms with Crippen molar-refractivity contribution >= 4 is 21.8 Å². The van der Waals surface area contributed by atoms with E-state index in [1.165, 1.54) is 5.39 Å². The summed E-state index contributed by atoms with van der Waals surface area (Å²) in [6.45, 7) is 0. The highest BCUT2D eigenvalue weighted by molar-refractivity contribution is 6.07. The zero-order chi connectivity index (χ0) is 14.2. The number of fused-ring (bicyclic) bond motifs is 3. The van der Waals surface area contributed by atoms with E-state index < -0.39 is 0 Å². The molecule has 3 nitrogen and oxygen atoms in total. The Morgan fingerprint density at radius 3 is 2.52 bits per heavy atom. The van der Waals surface area contributed by atoms with E-state index in [-0.39, 0.29) is 0 Å². The molecule has 2 heterocycles. The van der Waals surface area contributed by atoms with Crippen LogP contribution in [-0.2, 0) is 0 Å². The predicted molar refractivity (Wildman–Crippen MR) is 85.6 cm³/mol. The highest BCUT2D eigenvalue weighted by atomic mass is 16.5. The molecule has 21 heavy (non-hydrogen) atoms. The van der Waals surface area contributed by atoms with Crippen LogP contribution in [0.3, 0.4) is 0 Å². The lowest BCUT2D eigenvalue weighted by atomic mass is 10.1. The van der Waals surface area contributed by atoms with Gasteiger partial charge in [0.1, 0.15) is 5.75 Å². The van der Waals surface area contributed by atoms with Crippen molar-refractivity contribution in [3.05, 3.63) is 60.8 Å². The smallest absolute Gasteiger partial charge is 0.118 e. The number of nitrogens with one attached hydrogen (secondary N) is 1. The van der Waals surface area contributed by atoms with Crippen molar-refractivity contribution in [2.45, 2.75) is 0 Å². The first-order valence-corrected chi connectivity index (χ1v) is 6.86. The Kier molecular flexibility index (Phi) is 2.64. The molecule has 2 aromatic carbocycles. The number of pyridine rings is 1. The van der Waals surface area contributed by atoms with Crippen LogP contribution < -0.4 is 4.74 Å². The molecule has 0 bridgehead atoms. The van der Waals surface area contributed by atoms with Crippen molar-refractivity contribution in [3.63, 3.8) is 0 Å². The van der Waals surface area contributed by atoms with Gasteiger partial charge < -0.3 is 9.72 Å². The summed E-state index contributed by atoms with van der Waals surface area (Å²) >= 11 is 0. The minimum absolute atomic E-state index is 0.852. The second kappa shape index (κ2) is 4.63. The molecule has 0 amide bonds. The molecule has 102 valence electrons. The maximum absolute atomic E-state index is 5.19. The van der Waals surface area contributed by atoms with Gasteiger partial charge in [0.15, 0.2) is 0 Å². The second-order valence-electron chi connectivity index (χ2n) is 5.01. The number of hydrogen-bond donors (Lipinski definition) is 1. The van der Waals surface area contributed by atoms with Gasteiger partial charge in [0, 0.05) is 28.0 Å². The van der Waals surface area contributed by atoms with Crippen LogP contribution in [0.5, 0.6) is 5.75 Å². The van der Waals surface area contributed by atoms with Gasteiger partial charge in [0.25, 0.3) is 0 Å². The lowest BCUT2D eigenvalue weighted by Crippen LogP contribution is -1.85. The average molecular weight is 274 g/mol. The van der Waals surface area contributed by atoms with E-state index in [4.69, 9.17) is 4.74 Å². The molecule has 0 aliphatic heterocycles. The summed E-state index contributed by atoms with van der Waals surface area (Å²) in [6, 6.07) is 18.3. The quantitative estimate of drug-likeness (QED) is 0.588. The maximum Gasteiger partial charge on any atom is 0.118 e. The Balaban J connectivity index is 1.87. The van der Waals surface area contributed by atoms with Crippen LogP contribution in [0, 0.1) is 0 Å². The van der Waals surface area contributed by atoms with Gasteiger partial charge in [-0.15, -0.1) is 0 Å². The topological polar surface area (TPSA) is 37.9 Å². The fraction of sp³-hybridized carbons (Fsp3) is 0.0556. The second-order valence-corrected chi connectivity index (χ2v) is 5.01. The summed E-state index contributed by atoms with van der Waals surface area (Å²) in [4.78, 5) is 8.04. The molecule has 0 unspecified atom stereocenters. The molecule has 4 rings (SSSR count). The highest BCUT2D eigenvalue weighted by Crippen LogP contribution is 2.28. The van der Waals surface area contributed by atoms with Crippen LogP contribution in [0.4, 0.5) is 0 Å². The van der Waals surface area contributed by atoms with Crippen molar-refractivity contribution < 1.29 is 4.74 Å². The Bertz CT molecular complexity index is 923. The molecule has 4 aromatic rings. The van der Waals surface area contributed by atoms with E-state index in [1.807, 2.05) is 42.6 Å². The number of aromatic amines is 1. The fourth-order valence-corrected chi connectivity index (χ4v) is 2.67. The first kappa shape index (κ1) is 12.0. The number of para-hydroxylation sites is 1. The normalized spacial score (nSPS) is 11.1. The van der Waals surface area contributed by atoms with Gasteiger partial charge in [-0.1, -0.05) is 18.2 Å². The molecule has 0 aliphatic carbocycles. The van der Waals surface area contributed by atoms with Gasteiger partial charge in [-0.05, 0) is 36.4 Å². The molecule has 2 aromatic heterocycles. The predicted octanol–water partition coefficient (Wildman–Crippen LogP) is 4.39. The molecule has 0 spiro atoms. The van der Waals surface area contributed by atoms with E-state index in [1.54, 1.807) is 7.11 Å². The molecule has 0 radical (unpaired) electrons. The van der Waals surface area contributed by atoms with Gasteiger partial charge >= 0.3 is 0 Å². The molecular formula is C18H14N2O. The molecule has 0 fully saturated rings. The minimum atomic E-state index is 0.852. The van der Waals surface area contributed by atoms with E-state index in [2.05, 4.69) is 28.2 Å². The first-order valence-electron chi connectivity index (χ1n) is 6.86. The van der Waals surface area contributed by atoms with E-state index >= 15 is 0 Å². The third kappa shape index (κ3) is 1.94. The number of benzene rings is 2. The summed E-state index contributed by atoms with van der Waals surface area (Å²) in [5.74, 6) is 0.852.